The van der Waals surface area contributed by atoms with Gasteiger partial charge >= 0.3 is 5.97 Å². The van der Waals surface area contributed by atoms with Gasteiger partial charge in [-0.15, -0.1) is 0 Å². The second-order valence-electron chi connectivity index (χ2n) is 6.32. The number of aromatic carboxylic acids is 1. The highest BCUT2D eigenvalue weighted by Gasteiger charge is 2.23. The van der Waals surface area contributed by atoms with Gasteiger partial charge in [0.05, 0.1) is 16.9 Å². The highest BCUT2D eigenvalue weighted by molar-refractivity contribution is 5.87. The third-order valence-electron chi connectivity index (χ3n) is 3.55. The van der Waals surface area contributed by atoms with E-state index in [1.54, 1.807) is 18.2 Å². The Labute approximate surface area is 131 Å². The lowest BCUT2D eigenvalue weighted by atomic mass is 10.0. The van der Waals surface area contributed by atoms with Crippen molar-refractivity contribution in [1.29, 1.82) is 0 Å². The van der Waals surface area contributed by atoms with Gasteiger partial charge in [-0.1, -0.05) is 24.3 Å². The third-order valence-corrected chi connectivity index (χ3v) is 3.55. The molecule has 0 fully saturated rings. The van der Waals surface area contributed by atoms with E-state index < -0.39 is 5.97 Å². The highest BCUT2D eigenvalue weighted by atomic mass is 16.4. The average Bonchev–Trinajstić information content (AvgIpc) is 2.45. The molecule has 0 aromatic heterocycles. The molecular formula is C18H22N2O2. The minimum atomic E-state index is -0.914. The van der Waals surface area contributed by atoms with Gasteiger partial charge in [0, 0.05) is 12.1 Å². The summed E-state index contributed by atoms with van der Waals surface area (Å²) in [5.41, 5.74) is 8.88. The lowest BCUT2D eigenvalue weighted by Gasteiger charge is -2.38. The average molecular weight is 298 g/mol. The second-order valence-corrected chi connectivity index (χ2v) is 6.32. The van der Waals surface area contributed by atoms with E-state index in [1.807, 2.05) is 30.3 Å². The largest absolute Gasteiger partial charge is 0.478 e. The molecule has 0 aliphatic heterocycles. The molecule has 22 heavy (non-hydrogen) atoms. The number of rotatable bonds is 4. The van der Waals surface area contributed by atoms with E-state index in [9.17, 15) is 4.79 Å². The Balaban J connectivity index is 2.39. The summed E-state index contributed by atoms with van der Waals surface area (Å²) in [7, 11) is 0. The number of hydrogen-bond acceptors (Lipinski definition) is 3. The molecular weight excluding hydrogens is 276 g/mol. The highest BCUT2D eigenvalue weighted by Crippen LogP contribution is 2.30. The Morgan fingerprint density at radius 3 is 2.41 bits per heavy atom. The van der Waals surface area contributed by atoms with Crippen LogP contribution in [0.1, 0.15) is 36.7 Å². The molecule has 116 valence electrons. The van der Waals surface area contributed by atoms with Gasteiger partial charge in [0.25, 0.3) is 0 Å². The summed E-state index contributed by atoms with van der Waals surface area (Å²) in [5.74, 6) is -0.914. The van der Waals surface area contributed by atoms with Gasteiger partial charge in [0.1, 0.15) is 0 Å². The first-order valence-corrected chi connectivity index (χ1v) is 7.23. The molecule has 0 aliphatic rings. The van der Waals surface area contributed by atoms with Crippen molar-refractivity contribution < 1.29 is 9.90 Å². The molecule has 4 heteroatoms. The van der Waals surface area contributed by atoms with Crippen molar-refractivity contribution >= 4 is 17.3 Å². The molecule has 0 spiro atoms. The number of carbonyl (C=O) groups is 1. The zero-order chi connectivity index (χ0) is 16.3. The van der Waals surface area contributed by atoms with Crippen molar-refractivity contribution in [3.8, 4) is 0 Å². The number of carboxylic acids is 1. The number of benzene rings is 2. The van der Waals surface area contributed by atoms with Crippen LogP contribution in [0, 0.1) is 0 Å². The van der Waals surface area contributed by atoms with Gasteiger partial charge in [-0.2, -0.15) is 0 Å². The van der Waals surface area contributed by atoms with Crippen molar-refractivity contribution in [3.63, 3.8) is 0 Å². The Morgan fingerprint density at radius 1 is 1.14 bits per heavy atom. The fourth-order valence-corrected chi connectivity index (χ4v) is 2.40. The van der Waals surface area contributed by atoms with Crippen molar-refractivity contribution in [2.24, 2.45) is 0 Å². The molecule has 3 N–H and O–H groups in total. The Hall–Kier alpha value is -2.49. The molecule has 0 saturated heterocycles. The minimum Gasteiger partial charge on any atom is -0.478 e. The van der Waals surface area contributed by atoms with Crippen LogP contribution < -0.4 is 10.6 Å². The number of para-hydroxylation sites is 2. The monoisotopic (exact) mass is 298 g/mol. The summed E-state index contributed by atoms with van der Waals surface area (Å²) >= 11 is 0. The maximum atomic E-state index is 11.1. The second kappa shape index (κ2) is 6.10. The Bertz CT molecular complexity index is 675. The molecule has 0 bridgehead atoms. The van der Waals surface area contributed by atoms with Crippen LogP contribution in [-0.2, 0) is 6.54 Å². The van der Waals surface area contributed by atoms with Crippen molar-refractivity contribution in [2.45, 2.75) is 32.9 Å². The first-order valence-electron chi connectivity index (χ1n) is 7.23. The van der Waals surface area contributed by atoms with E-state index in [-0.39, 0.29) is 5.54 Å². The van der Waals surface area contributed by atoms with E-state index in [0.29, 0.717) is 17.8 Å². The van der Waals surface area contributed by atoms with Gasteiger partial charge in [0.15, 0.2) is 0 Å². The molecule has 0 atom stereocenters. The number of nitrogen functional groups attached to an aromatic ring is 1. The van der Waals surface area contributed by atoms with Gasteiger partial charge in [-0.05, 0) is 50.6 Å². The zero-order valence-electron chi connectivity index (χ0n) is 13.2. The normalized spacial score (nSPS) is 11.2. The molecule has 2 aromatic rings. The number of nitrogens with two attached hydrogens (primary N) is 1. The number of nitrogens with zero attached hydrogens (tertiary/aromatic N) is 1. The fraction of sp³-hybridized carbons (Fsp3) is 0.278. The zero-order valence-corrected chi connectivity index (χ0v) is 13.2. The first kappa shape index (κ1) is 15.9. The summed E-state index contributed by atoms with van der Waals surface area (Å²) in [6.07, 6.45) is 0. The maximum absolute atomic E-state index is 11.1. The lowest BCUT2D eigenvalue weighted by molar-refractivity contribution is 0.0696. The molecule has 0 unspecified atom stereocenters. The van der Waals surface area contributed by atoms with Gasteiger partial charge < -0.3 is 15.7 Å². The number of carboxylic acid groups (broad SMARTS) is 1. The van der Waals surface area contributed by atoms with E-state index in [2.05, 4.69) is 25.7 Å². The van der Waals surface area contributed by atoms with Crippen LogP contribution in [-0.4, -0.2) is 16.6 Å². The molecule has 0 saturated carbocycles. The molecule has 0 aliphatic carbocycles. The molecule has 4 nitrogen and oxygen atoms in total. The van der Waals surface area contributed by atoms with E-state index >= 15 is 0 Å². The van der Waals surface area contributed by atoms with Crippen LogP contribution in [0.25, 0.3) is 0 Å². The van der Waals surface area contributed by atoms with E-state index in [1.165, 1.54) is 0 Å². The van der Waals surface area contributed by atoms with Gasteiger partial charge in [-0.25, -0.2) is 4.79 Å². The number of anilines is 2. The van der Waals surface area contributed by atoms with Crippen LogP contribution in [0.2, 0.25) is 0 Å². The molecule has 0 heterocycles. The van der Waals surface area contributed by atoms with Crippen LogP contribution in [0.15, 0.2) is 48.5 Å². The van der Waals surface area contributed by atoms with E-state index in [4.69, 9.17) is 10.8 Å². The molecule has 2 aromatic carbocycles. The first-order chi connectivity index (χ1) is 10.3. The fourth-order valence-electron chi connectivity index (χ4n) is 2.40. The summed E-state index contributed by atoms with van der Waals surface area (Å²) in [6, 6.07) is 14.7. The van der Waals surface area contributed by atoms with Gasteiger partial charge in [0.2, 0.25) is 0 Å². The molecule has 2 rings (SSSR count). The Morgan fingerprint density at radius 2 is 1.82 bits per heavy atom. The Kier molecular flexibility index (Phi) is 4.40. The summed E-state index contributed by atoms with van der Waals surface area (Å²) in [6.45, 7) is 6.93. The third kappa shape index (κ3) is 3.58. The van der Waals surface area contributed by atoms with Crippen LogP contribution >= 0.6 is 0 Å². The molecule has 0 amide bonds. The predicted octanol–water partition coefficient (Wildman–Crippen LogP) is 3.77. The van der Waals surface area contributed by atoms with Crippen molar-refractivity contribution in [3.05, 3.63) is 59.7 Å². The summed E-state index contributed by atoms with van der Waals surface area (Å²) in [4.78, 5) is 13.3. The maximum Gasteiger partial charge on any atom is 0.335 e. The number of hydrogen-bond donors (Lipinski definition) is 2. The van der Waals surface area contributed by atoms with Gasteiger partial charge in [-0.3, -0.25) is 0 Å². The van der Waals surface area contributed by atoms with Crippen LogP contribution in [0.3, 0.4) is 0 Å². The van der Waals surface area contributed by atoms with Crippen LogP contribution in [0.4, 0.5) is 11.4 Å². The lowest BCUT2D eigenvalue weighted by Crippen LogP contribution is -2.41. The minimum absolute atomic E-state index is 0.144. The topological polar surface area (TPSA) is 66.6 Å². The summed E-state index contributed by atoms with van der Waals surface area (Å²) in [5, 5.41) is 9.13. The quantitative estimate of drug-likeness (QED) is 0.843. The summed E-state index contributed by atoms with van der Waals surface area (Å²) < 4.78 is 0. The SMILES string of the molecule is CC(C)(C)N(Cc1cccc(C(=O)O)c1)c1ccccc1N. The molecule has 0 radical (unpaired) electrons. The standard InChI is InChI=1S/C18H22N2O2/c1-18(2,3)20(16-10-5-4-9-15(16)19)12-13-7-6-8-14(11-13)17(21)22/h4-11H,12,19H2,1-3H3,(H,21,22). The predicted molar refractivity (Wildman–Crippen MR) is 90.2 cm³/mol. The smallest absolute Gasteiger partial charge is 0.335 e. The van der Waals surface area contributed by atoms with E-state index in [0.717, 1.165) is 11.3 Å². The van der Waals surface area contributed by atoms with Crippen molar-refractivity contribution in [1.82, 2.24) is 0 Å². The van der Waals surface area contributed by atoms with Crippen molar-refractivity contribution in [2.75, 3.05) is 10.6 Å². The van der Waals surface area contributed by atoms with Crippen LogP contribution in [0.5, 0.6) is 0 Å².